The van der Waals surface area contributed by atoms with Gasteiger partial charge in [-0.2, -0.15) is 0 Å². The lowest BCUT2D eigenvalue weighted by Gasteiger charge is -2.30. The van der Waals surface area contributed by atoms with Gasteiger partial charge in [0.05, 0.1) is 17.6 Å². The molecule has 4 nitrogen and oxygen atoms in total. The number of nitrogens with zero attached hydrogens (tertiary/aromatic N) is 1. The first-order valence-corrected chi connectivity index (χ1v) is 9.63. The van der Waals surface area contributed by atoms with Gasteiger partial charge in [0.2, 0.25) is 0 Å². The Morgan fingerprint density at radius 2 is 2.00 bits per heavy atom. The highest BCUT2D eigenvalue weighted by molar-refractivity contribution is 7.91. The van der Waals surface area contributed by atoms with Crippen molar-refractivity contribution in [2.75, 3.05) is 24.6 Å². The van der Waals surface area contributed by atoms with Crippen LogP contribution in [0.2, 0.25) is 0 Å². The van der Waals surface area contributed by atoms with E-state index in [0.29, 0.717) is 31.7 Å². The molecule has 2 saturated heterocycles. The highest BCUT2D eigenvalue weighted by Gasteiger charge is 2.34. The molecular weight excluding hydrogens is 305 g/mol. The van der Waals surface area contributed by atoms with E-state index < -0.39 is 15.9 Å². The van der Waals surface area contributed by atoms with Gasteiger partial charge in [-0.05, 0) is 42.9 Å². The van der Waals surface area contributed by atoms with E-state index in [1.165, 1.54) is 12.1 Å². The van der Waals surface area contributed by atoms with Gasteiger partial charge in [-0.15, -0.1) is 0 Å². The third-order valence-corrected chi connectivity index (χ3v) is 6.50. The van der Waals surface area contributed by atoms with Crippen molar-refractivity contribution in [1.29, 1.82) is 0 Å². The third kappa shape index (κ3) is 3.67. The highest BCUT2D eigenvalue weighted by Crippen LogP contribution is 2.34. The Bertz CT molecular complexity index is 620. The van der Waals surface area contributed by atoms with Gasteiger partial charge < -0.3 is 5.11 Å². The van der Waals surface area contributed by atoms with Crippen molar-refractivity contribution in [3.63, 3.8) is 0 Å². The lowest BCUT2D eigenvalue weighted by Crippen LogP contribution is -2.34. The largest absolute Gasteiger partial charge is 0.392 e. The van der Waals surface area contributed by atoms with Gasteiger partial charge in [0.1, 0.15) is 15.7 Å². The number of aliphatic hydroxyl groups is 1. The normalized spacial score (nSPS) is 29.7. The summed E-state index contributed by atoms with van der Waals surface area (Å²) in [7, 11) is -2.85. The Morgan fingerprint density at radius 3 is 2.68 bits per heavy atom. The molecule has 2 aliphatic rings. The molecular formula is C16H22FNO3S. The Kier molecular flexibility index (Phi) is 4.52. The topological polar surface area (TPSA) is 57.6 Å². The number of benzene rings is 1. The maximum atomic E-state index is 13.4. The van der Waals surface area contributed by atoms with Crippen molar-refractivity contribution < 1.29 is 17.9 Å². The summed E-state index contributed by atoms with van der Waals surface area (Å²) < 4.78 is 36.5. The number of hydrogen-bond acceptors (Lipinski definition) is 4. The first-order valence-electron chi connectivity index (χ1n) is 7.81. The van der Waals surface area contributed by atoms with Crippen LogP contribution in [-0.4, -0.2) is 49.1 Å². The molecule has 2 aliphatic heterocycles. The average Bonchev–Trinajstić information content (AvgIpc) is 2.82. The summed E-state index contributed by atoms with van der Waals surface area (Å²) in [5.41, 5.74) is 0.889. The summed E-state index contributed by atoms with van der Waals surface area (Å²) >= 11 is 0. The summed E-state index contributed by atoms with van der Waals surface area (Å²) in [5.74, 6) is 0.602. The van der Waals surface area contributed by atoms with Crippen LogP contribution in [-0.2, 0) is 9.84 Å². The minimum absolute atomic E-state index is 0.0178. The van der Waals surface area contributed by atoms with E-state index in [1.54, 1.807) is 6.07 Å². The summed E-state index contributed by atoms with van der Waals surface area (Å²) in [6.07, 6.45) is 1.57. The van der Waals surface area contributed by atoms with Crippen molar-refractivity contribution in [3.05, 3.63) is 35.6 Å². The molecule has 1 aromatic carbocycles. The zero-order chi connectivity index (χ0) is 15.7. The number of aliphatic hydroxyl groups excluding tert-OH is 1. The molecule has 6 heteroatoms. The second kappa shape index (κ2) is 6.26. The molecule has 122 valence electrons. The summed E-state index contributed by atoms with van der Waals surface area (Å²) in [6.45, 7) is 1.35. The molecule has 2 fully saturated rings. The average molecular weight is 327 g/mol. The molecule has 2 atom stereocenters. The monoisotopic (exact) mass is 327 g/mol. The van der Waals surface area contributed by atoms with Gasteiger partial charge in [-0.3, -0.25) is 4.90 Å². The SMILES string of the molecule is O=S1(=O)CCC(CN2C[C@H](O)C[C@H]2c2cccc(F)c2)CC1. The number of halogens is 1. The van der Waals surface area contributed by atoms with Gasteiger partial charge >= 0.3 is 0 Å². The van der Waals surface area contributed by atoms with Crippen LogP contribution in [0.4, 0.5) is 4.39 Å². The van der Waals surface area contributed by atoms with Crippen molar-refractivity contribution >= 4 is 9.84 Å². The lowest BCUT2D eigenvalue weighted by molar-refractivity contribution is 0.163. The van der Waals surface area contributed by atoms with E-state index in [9.17, 15) is 17.9 Å². The van der Waals surface area contributed by atoms with E-state index >= 15 is 0 Å². The molecule has 0 bridgehead atoms. The Morgan fingerprint density at radius 1 is 1.27 bits per heavy atom. The quantitative estimate of drug-likeness (QED) is 0.919. The van der Waals surface area contributed by atoms with Gasteiger partial charge in [0.25, 0.3) is 0 Å². The second-order valence-corrected chi connectivity index (χ2v) is 8.81. The number of sulfone groups is 1. The fraction of sp³-hybridized carbons (Fsp3) is 0.625. The fourth-order valence-electron chi connectivity index (χ4n) is 3.59. The van der Waals surface area contributed by atoms with Gasteiger partial charge in [0.15, 0.2) is 0 Å². The van der Waals surface area contributed by atoms with Crippen molar-refractivity contribution in [3.8, 4) is 0 Å². The number of β-amino-alcohol motifs (C(OH)–C–C–N with tert-alkyl or cyclic N) is 1. The number of likely N-dealkylation sites (tertiary alicyclic amines) is 1. The van der Waals surface area contributed by atoms with Gasteiger partial charge in [0, 0.05) is 19.1 Å². The molecule has 22 heavy (non-hydrogen) atoms. The molecule has 0 radical (unpaired) electrons. The van der Waals surface area contributed by atoms with Crippen LogP contribution in [0, 0.1) is 11.7 Å². The highest BCUT2D eigenvalue weighted by atomic mass is 32.2. The molecule has 2 heterocycles. The predicted octanol–water partition coefficient (Wildman–Crippen LogP) is 1.76. The van der Waals surface area contributed by atoms with E-state index in [1.807, 2.05) is 6.07 Å². The molecule has 0 aromatic heterocycles. The van der Waals surface area contributed by atoms with Crippen molar-refractivity contribution in [1.82, 2.24) is 4.90 Å². The van der Waals surface area contributed by atoms with Crippen LogP contribution in [0.25, 0.3) is 0 Å². The first-order chi connectivity index (χ1) is 10.4. The molecule has 0 spiro atoms. The van der Waals surface area contributed by atoms with Crippen LogP contribution < -0.4 is 0 Å². The molecule has 0 amide bonds. The Labute approximate surface area is 130 Å². The third-order valence-electron chi connectivity index (χ3n) is 4.78. The fourth-order valence-corrected chi connectivity index (χ4v) is 5.18. The predicted molar refractivity (Wildman–Crippen MR) is 82.7 cm³/mol. The van der Waals surface area contributed by atoms with E-state index in [0.717, 1.165) is 12.1 Å². The van der Waals surface area contributed by atoms with Gasteiger partial charge in [-0.25, -0.2) is 12.8 Å². The van der Waals surface area contributed by atoms with E-state index in [4.69, 9.17) is 0 Å². The van der Waals surface area contributed by atoms with E-state index in [2.05, 4.69) is 4.90 Å². The number of hydrogen-bond donors (Lipinski definition) is 1. The van der Waals surface area contributed by atoms with Crippen LogP contribution in [0.15, 0.2) is 24.3 Å². The summed E-state index contributed by atoms with van der Waals surface area (Å²) in [6, 6.07) is 6.56. The molecule has 0 saturated carbocycles. The summed E-state index contributed by atoms with van der Waals surface area (Å²) in [4.78, 5) is 2.18. The number of rotatable bonds is 3. The van der Waals surface area contributed by atoms with E-state index in [-0.39, 0.29) is 23.4 Å². The van der Waals surface area contributed by atoms with Crippen LogP contribution in [0.3, 0.4) is 0 Å². The molecule has 0 aliphatic carbocycles. The van der Waals surface area contributed by atoms with Crippen molar-refractivity contribution in [2.45, 2.75) is 31.4 Å². The van der Waals surface area contributed by atoms with Crippen LogP contribution in [0.5, 0.6) is 0 Å². The first kappa shape index (κ1) is 15.9. The zero-order valence-electron chi connectivity index (χ0n) is 12.5. The Hall–Kier alpha value is -0.980. The minimum atomic E-state index is -2.85. The second-order valence-electron chi connectivity index (χ2n) is 6.51. The molecule has 1 N–H and O–H groups in total. The zero-order valence-corrected chi connectivity index (χ0v) is 13.3. The Balaban J connectivity index is 1.69. The smallest absolute Gasteiger partial charge is 0.150 e. The molecule has 0 unspecified atom stereocenters. The van der Waals surface area contributed by atoms with Crippen LogP contribution in [0.1, 0.15) is 30.9 Å². The standard InChI is InChI=1S/C16H22FNO3S/c17-14-3-1-2-13(8-14)16-9-15(19)11-18(16)10-12-4-6-22(20,21)7-5-12/h1-3,8,12,15-16,19H,4-7,9-11H2/t15-,16+/m1/s1. The maximum absolute atomic E-state index is 13.4. The van der Waals surface area contributed by atoms with Crippen LogP contribution >= 0.6 is 0 Å². The van der Waals surface area contributed by atoms with Gasteiger partial charge in [-0.1, -0.05) is 12.1 Å². The summed E-state index contributed by atoms with van der Waals surface area (Å²) in [5, 5.41) is 9.98. The minimum Gasteiger partial charge on any atom is -0.392 e. The molecule has 3 rings (SSSR count). The van der Waals surface area contributed by atoms with Crippen molar-refractivity contribution in [2.24, 2.45) is 5.92 Å². The lowest BCUT2D eigenvalue weighted by atomic mass is 9.99. The maximum Gasteiger partial charge on any atom is 0.150 e. The molecule has 1 aromatic rings.